The summed E-state index contributed by atoms with van der Waals surface area (Å²) in [5.74, 6) is -1.62. The van der Waals surface area contributed by atoms with Gasteiger partial charge in [0.25, 0.3) is 0 Å². The lowest BCUT2D eigenvalue weighted by Gasteiger charge is -2.36. The zero-order valence-corrected chi connectivity index (χ0v) is 10.3. The highest BCUT2D eigenvalue weighted by molar-refractivity contribution is 5.18. The normalized spacial score (nSPS) is 25.3. The minimum absolute atomic E-state index is 0.0208. The summed E-state index contributed by atoms with van der Waals surface area (Å²) in [5, 5.41) is 9.11. The van der Waals surface area contributed by atoms with Gasteiger partial charge in [0, 0.05) is 25.2 Å². The molecular weight excluding hydrogens is 240 g/mol. The van der Waals surface area contributed by atoms with E-state index in [1.54, 1.807) is 6.07 Å². The van der Waals surface area contributed by atoms with Gasteiger partial charge in [0.05, 0.1) is 18.8 Å². The number of morpholine rings is 1. The molecule has 1 heterocycles. The molecule has 1 fully saturated rings. The highest BCUT2D eigenvalue weighted by atomic mass is 19.2. The number of nitrogens with zero attached hydrogens (tertiary/aromatic N) is 1. The lowest BCUT2D eigenvalue weighted by atomic mass is 10.1. The second-order valence-corrected chi connectivity index (χ2v) is 4.66. The summed E-state index contributed by atoms with van der Waals surface area (Å²) in [6, 6.07) is 4.19. The second-order valence-electron chi connectivity index (χ2n) is 4.66. The molecular formula is C13H17F2NO2. The molecule has 2 atom stereocenters. The topological polar surface area (TPSA) is 32.7 Å². The fourth-order valence-corrected chi connectivity index (χ4v) is 2.28. The fraction of sp³-hybridized carbons (Fsp3) is 0.538. The standard InChI is InChI=1S/C13H17F2NO2/c1-9-5-16(7-11(8-17)18-9)6-10-3-2-4-12(14)13(10)15/h2-4,9,11,17H,5-8H2,1H3. The minimum atomic E-state index is -0.826. The summed E-state index contributed by atoms with van der Waals surface area (Å²) in [6.07, 6.45) is -0.280. The van der Waals surface area contributed by atoms with Crippen LogP contribution in [0.5, 0.6) is 0 Å². The van der Waals surface area contributed by atoms with E-state index in [9.17, 15) is 8.78 Å². The lowest BCUT2D eigenvalue weighted by molar-refractivity contribution is -0.0974. The van der Waals surface area contributed by atoms with Crippen LogP contribution < -0.4 is 0 Å². The first-order valence-corrected chi connectivity index (χ1v) is 6.01. The molecule has 1 N–H and O–H groups in total. The first kappa shape index (κ1) is 13.4. The van der Waals surface area contributed by atoms with Crippen molar-refractivity contribution >= 4 is 0 Å². The monoisotopic (exact) mass is 257 g/mol. The molecule has 1 aliphatic rings. The second kappa shape index (κ2) is 5.73. The van der Waals surface area contributed by atoms with Gasteiger partial charge in [-0.25, -0.2) is 8.78 Å². The Labute approximate surface area is 105 Å². The van der Waals surface area contributed by atoms with Crippen LogP contribution in [0.2, 0.25) is 0 Å². The van der Waals surface area contributed by atoms with E-state index in [1.165, 1.54) is 6.07 Å². The third-order valence-corrected chi connectivity index (χ3v) is 3.03. The lowest BCUT2D eigenvalue weighted by Crippen LogP contribution is -2.47. The van der Waals surface area contributed by atoms with Crippen LogP contribution in [0.4, 0.5) is 8.78 Å². The third kappa shape index (κ3) is 3.04. The Hall–Kier alpha value is -1.04. The van der Waals surface area contributed by atoms with Gasteiger partial charge >= 0.3 is 0 Å². The highest BCUT2D eigenvalue weighted by Crippen LogP contribution is 2.17. The number of rotatable bonds is 3. The number of ether oxygens (including phenoxy) is 1. The van der Waals surface area contributed by atoms with Crippen molar-refractivity contribution in [2.75, 3.05) is 19.7 Å². The zero-order valence-electron chi connectivity index (χ0n) is 10.3. The van der Waals surface area contributed by atoms with Gasteiger partial charge in [-0.05, 0) is 13.0 Å². The summed E-state index contributed by atoms with van der Waals surface area (Å²) in [7, 11) is 0. The SMILES string of the molecule is CC1CN(Cc2cccc(F)c2F)CC(CO)O1. The average molecular weight is 257 g/mol. The summed E-state index contributed by atoms with van der Waals surface area (Å²) in [4.78, 5) is 1.97. The van der Waals surface area contributed by atoms with E-state index in [-0.39, 0.29) is 18.8 Å². The van der Waals surface area contributed by atoms with Crippen LogP contribution in [-0.4, -0.2) is 41.9 Å². The Kier molecular flexibility index (Phi) is 4.27. The molecule has 1 aromatic carbocycles. The predicted octanol–water partition coefficient (Wildman–Crippen LogP) is 1.55. The van der Waals surface area contributed by atoms with Crippen LogP contribution in [0.1, 0.15) is 12.5 Å². The number of hydrogen-bond donors (Lipinski definition) is 1. The summed E-state index contributed by atoms with van der Waals surface area (Å²) >= 11 is 0. The smallest absolute Gasteiger partial charge is 0.163 e. The third-order valence-electron chi connectivity index (χ3n) is 3.03. The molecule has 18 heavy (non-hydrogen) atoms. The summed E-state index contributed by atoms with van der Waals surface area (Å²) < 4.78 is 32.1. The Bertz CT molecular complexity index is 414. The van der Waals surface area contributed by atoms with Gasteiger partial charge in [0.1, 0.15) is 0 Å². The molecule has 0 radical (unpaired) electrons. The van der Waals surface area contributed by atoms with E-state index in [2.05, 4.69) is 0 Å². The number of halogens is 2. The van der Waals surface area contributed by atoms with Crippen LogP contribution in [0.15, 0.2) is 18.2 Å². The van der Waals surface area contributed by atoms with E-state index < -0.39 is 11.6 Å². The molecule has 0 aliphatic carbocycles. The first-order valence-electron chi connectivity index (χ1n) is 6.01. The van der Waals surface area contributed by atoms with Crippen molar-refractivity contribution < 1.29 is 18.6 Å². The van der Waals surface area contributed by atoms with Crippen molar-refractivity contribution in [2.24, 2.45) is 0 Å². The van der Waals surface area contributed by atoms with Crippen molar-refractivity contribution in [1.29, 1.82) is 0 Å². The maximum atomic E-state index is 13.6. The number of aliphatic hydroxyl groups is 1. The minimum Gasteiger partial charge on any atom is -0.394 e. The Morgan fingerprint density at radius 1 is 1.39 bits per heavy atom. The molecule has 0 spiro atoms. The van der Waals surface area contributed by atoms with Crippen molar-refractivity contribution in [3.8, 4) is 0 Å². The van der Waals surface area contributed by atoms with Gasteiger partial charge in [0.2, 0.25) is 0 Å². The molecule has 0 aromatic heterocycles. The molecule has 100 valence electrons. The maximum absolute atomic E-state index is 13.6. The summed E-state index contributed by atoms with van der Waals surface area (Å²) in [6.45, 7) is 3.33. The van der Waals surface area contributed by atoms with Crippen molar-refractivity contribution in [2.45, 2.75) is 25.7 Å². The molecule has 2 unspecified atom stereocenters. The number of hydrogen-bond acceptors (Lipinski definition) is 3. The Morgan fingerprint density at radius 3 is 2.89 bits per heavy atom. The van der Waals surface area contributed by atoms with Crippen LogP contribution in [0.25, 0.3) is 0 Å². The molecule has 1 aliphatic heterocycles. The van der Waals surface area contributed by atoms with Crippen molar-refractivity contribution in [3.63, 3.8) is 0 Å². The van der Waals surface area contributed by atoms with E-state index in [1.807, 2.05) is 11.8 Å². The van der Waals surface area contributed by atoms with Crippen molar-refractivity contribution in [3.05, 3.63) is 35.4 Å². The first-order chi connectivity index (χ1) is 8.60. The van der Waals surface area contributed by atoms with Crippen LogP contribution in [-0.2, 0) is 11.3 Å². The van der Waals surface area contributed by atoms with E-state index in [0.29, 0.717) is 25.2 Å². The molecule has 1 aromatic rings. The molecule has 1 saturated heterocycles. The Balaban J connectivity index is 2.06. The Morgan fingerprint density at radius 2 is 2.17 bits per heavy atom. The van der Waals surface area contributed by atoms with Gasteiger partial charge in [-0.15, -0.1) is 0 Å². The predicted molar refractivity (Wildman–Crippen MR) is 63.1 cm³/mol. The number of aliphatic hydroxyl groups excluding tert-OH is 1. The average Bonchev–Trinajstić information content (AvgIpc) is 2.34. The van der Waals surface area contributed by atoms with Crippen LogP contribution in [0, 0.1) is 11.6 Å². The highest BCUT2D eigenvalue weighted by Gasteiger charge is 2.25. The van der Waals surface area contributed by atoms with Crippen LogP contribution in [0.3, 0.4) is 0 Å². The van der Waals surface area contributed by atoms with Gasteiger partial charge in [0.15, 0.2) is 11.6 Å². The fourth-order valence-electron chi connectivity index (χ4n) is 2.28. The summed E-state index contributed by atoms with van der Waals surface area (Å²) in [5.41, 5.74) is 0.334. The maximum Gasteiger partial charge on any atom is 0.163 e. The van der Waals surface area contributed by atoms with E-state index in [0.717, 1.165) is 6.07 Å². The van der Waals surface area contributed by atoms with Gasteiger partial charge < -0.3 is 9.84 Å². The van der Waals surface area contributed by atoms with Gasteiger partial charge in [-0.1, -0.05) is 12.1 Å². The van der Waals surface area contributed by atoms with E-state index in [4.69, 9.17) is 9.84 Å². The van der Waals surface area contributed by atoms with Crippen molar-refractivity contribution in [1.82, 2.24) is 4.90 Å². The largest absolute Gasteiger partial charge is 0.394 e. The number of benzene rings is 1. The molecule has 3 nitrogen and oxygen atoms in total. The zero-order chi connectivity index (χ0) is 13.1. The molecule has 5 heteroatoms. The van der Waals surface area contributed by atoms with Gasteiger partial charge in [-0.2, -0.15) is 0 Å². The van der Waals surface area contributed by atoms with Crippen LogP contribution >= 0.6 is 0 Å². The molecule has 0 saturated carbocycles. The molecule has 2 rings (SSSR count). The van der Waals surface area contributed by atoms with Gasteiger partial charge in [-0.3, -0.25) is 4.90 Å². The molecule has 0 amide bonds. The molecule has 0 bridgehead atoms. The quantitative estimate of drug-likeness (QED) is 0.891. The van der Waals surface area contributed by atoms with E-state index >= 15 is 0 Å².